The van der Waals surface area contributed by atoms with E-state index < -0.39 is 17.7 Å². The van der Waals surface area contributed by atoms with Gasteiger partial charge in [0.2, 0.25) is 6.79 Å². The summed E-state index contributed by atoms with van der Waals surface area (Å²) in [6.07, 6.45) is 0. The molecule has 2 aromatic carbocycles. The highest BCUT2D eigenvalue weighted by atomic mass is 35.5. The van der Waals surface area contributed by atoms with Crippen molar-refractivity contribution in [3.63, 3.8) is 0 Å². The third-order valence-corrected chi connectivity index (χ3v) is 5.42. The summed E-state index contributed by atoms with van der Waals surface area (Å²) in [7, 11) is 1.26. The molecule has 1 aromatic heterocycles. The van der Waals surface area contributed by atoms with Gasteiger partial charge in [0, 0.05) is 12.1 Å². The lowest BCUT2D eigenvalue weighted by atomic mass is 10.2. The van der Waals surface area contributed by atoms with E-state index in [1.807, 2.05) is 0 Å². The van der Waals surface area contributed by atoms with E-state index in [0.717, 1.165) is 17.4 Å². The molecule has 0 unspecified atom stereocenters. The van der Waals surface area contributed by atoms with Gasteiger partial charge >= 0.3 is 5.97 Å². The van der Waals surface area contributed by atoms with Crippen LogP contribution in [-0.4, -0.2) is 30.3 Å². The maximum absolute atomic E-state index is 14.1. The summed E-state index contributed by atoms with van der Waals surface area (Å²) in [5, 5.41) is -0.0462. The van der Waals surface area contributed by atoms with Gasteiger partial charge in [-0.15, -0.1) is 0 Å². The van der Waals surface area contributed by atoms with Crippen molar-refractivity contribution in [1.82, 2.24) is 4.57 Å². The van der Waals surface area contributed by atoms with E-state index in [2.05, 4.69) is 4.99 Å². The van der Waals surface area contributed by atoms with Gasteiger partial charge in [0.05, 0.1) is 27.9 Å². The number of fused-ring (bicyclic) bond motifs is 2. The molecule has 2 heterocycles. The Balaban J connectivity index is 1.90. The summed E-state index contributed by atoms with van der Waals surface area (Å²) in [6, 6.07) is 7.35. The summed E-state index contributed by atoms with van der Waals surface area (Å²) in [5.74, 6) is -1.10. The molecule has 144 valence electrons. The molecule has 0 bridgehead atoms. The van der Waals surface area contributed by atoms with Gasteiger partial charge < -0.3 is 18.8 Å². The van der Waals surface area contributed by atoms with Crippen molar-refractivity contribution in [2.45, 2.75) is 6.54 Å². The van der Waals surface area contributed by atoms with Crippen LogP contribution in [0.25, 0.3) is 10.2 Å². The first kappa shape index (κ1) is 18.5. The number of rotatable bonds is 3. The second-order valence-corrected chi connectivity index (χ2v) is 7.15. The molecular weight excluding hydrogens is 411 g/mol. The SMILES string of the molecule is COC(=O)Cn1c(=NC(=O)c2c(F)cccc2Cl)sc2cc3c(cc21)OCO3. The average molecular weight is 423 g/mol. The Morgan fingerprint density at radius 3 is 2.79 bits per heavy atom. The number of ether oxygens (including phenoxy) is 3. The third kappa shape index (κ3) is 3.23. The molecule has 0 saturated heterocycles. The number of carbonyl (C=O) groups is 2. The Kier molecular flexibility index (Phi) is 4.78. The fourth-order valence-electron chi connectivity index (χ4n) is 2.74. The zero-order valence-electron chi connectivity index (χ0n) is 14.4. The van der Waals surface area contributed by atoms with Crippen LogP contribution >= 0.6 is 22.9 Å². The number of esters is 1. The lowest BCUT2D eigenvalue weighted by molar-refractivity contribution is -0.141. The number of hydrogen-bond acceptors (Lipinski definition) is 6. The van der Waals surface area contributed by atoms with Crippen LogP contribution in [-0.2, 0) is 16.1 Å². The standard InChI is InChI=1S/C18H12ClFN2O5S/c1-25-15(23)7-22-11-5-12-13(27-8-26-12)6-14(11)28-18(22)21-17(24)16-9(19)3-2-4-10(16)20/h2-6H,7-8H2,1H3. The third-order valence-electron chi connectivity index (χ3n) is 4.07. The van der Waals surface area contributed by atoms with Crippen LogP contribution in [0.1, 0.15) is 10.4 Å². The fourth-order valence-corrected chi connectivity index (χ4v) is 4.02. The van der Waals surface area contributed by atoms with Gasteiger partial charge in [-0.1, -0.05) is 29.0 Å². The smallest absolute Gasteiger partial charge is 0.325 e. The monoisotopic (exact) mass is 422 g/mol. The summed E-state index contributed by atoms with van der Waals surface area (Å²) in [6.45, 7) is -0.0849. The zero-order chi connectivity index (χ0) is 19.8. The van der Waals surface area contributed by atoms with E-state index in [9.17, 15) is 14.0 Å². The van der Waals surface area contributed by atoms with Crippen LogP contribution in [0.3, 0.4) is 0 Å². The minimum absolute atomic E-state index is 0.0462. The number of aromatic nitrogens is 1. The van der Waals surface area contributed by atoms with Gasteiger partial charge in [-0.3, -0.25) is 9.59 Å². The normalized spacial score (nSPS) is 13.2. The number of halogens is 2. The molecule has 0 atom stereocenters. The minimum atomic E-state index is -0.853. The maximum Gasteiger partial charge on any atom is 0.325 e. The summed E-state index contributed by atoms with van der Waals surface area (Å²) in [5.41, 5.74) is 0.270. The molecule has 0 saturated carbocycles. The number of nitrogens with zero attached hydrogens (tertiary/aromatic N) is 2. The number of benzene rings is 2. The van der Waals surface area contributed by atoms with E-state index in [1.54, 1.807) is 12.1 Å². The predicted octanol–water partition coefficient (Wildman–Crippen LogP) is 3.14. The molecule has 1 aliphatic rings. The predicted molar refractivity (Wildman–Crippen MR) is 99.3 cm³/mol. The average Bonchev–Trinajstić information content (AvgIpc) is 3.24. The van der Waals surface area contributed by atoms with Crippen LogP contribution in [0.5, 0.6) is 11.5 Å². The highest BCUT2D eigenvalue weighted by molar-refractivity contribution is 7.16. The molecule has 0 fully saturated rings. The van der Waals surface area contributed by atoms with E-state index in [1.165, 1.54) is 23.8 Å². The molecule has 0 spiro atoms. The van der Waals surface area contributed by atoms with E-state index in [0.29, 0.717) is 21.7 Å². The molecule has 1 amide bonds. The summed E-state index contributed by atoms with van der Waals surface area (Å²) < 4.78 is 31.7. The highest BCUT2D eigenvalue weighted by Crippen LogP contribution is 2.37. The van der Waals surface area contributed by atoms with Crippen molar-refractivity contribution in [3.05, 3.63) is 51.5 Å². The first-order valence-electron chi connectivity index (χ1n) is 8.01. The van der Waals surface area contributed by atoms with Gasteiger partial charge in [0.1, 0.15) is 12.4 Å². The van der Waals surface area contributed by atoms with E-state index in [4.69, 9.17) is 25.8 Å². The van der Waals surface area contributed by atoms with Crippen molar-refractivity contribution in [1.29, 1.82) is 0 Å². The molecule has 10 heteroatoms. The van der Waals surface area contributed by atoms with Crippen LogP contribution in [0.4, 0.5) is 4.39 Å². The zero-order valence-corrected chi connectivity index (χ0v) is 16.0. The van der Waals surface area contributed by atoms with E-state index >= 15 is 0 Å². The van der Waals surface area contributed by atoms with Gasteiger partial charge in [0.15, 0.2) is 16.3 Å². The van der Waals surface area contributed by atoms with Crippen molar-refractivity contribution >= 4 is 45.0 Å². The maximum atomic E-state index is 14.1. The Morgan fingerprint density at radius 2 is 2.07 bits per heavy atom. The second kappa shape index (κ2) is 7.25. The molecule has 0 radical (unpaired) electrons. The Hall–Kier alpha value is -2.91. The van der Waals surface area contributed by atoms with Crippen LogP contribution in [0.15, 0.2) is 35.3 Å². The number of methoxy groups -OCH3 is 1. The molecule has 4 rings (SSSR count). The van der Waals surface area contributed by atoms with Gasteiger partial charge in [-0.25, -0.2) is 4.39 Å². The van der Waals surface area contributed by atoms with Crippen molar-refractivity contribution in [3.8, 4) is 11.5 Å². The Bertz CT molecular complexity index is 1170. The number of thiazole rings is 1. The molecule has 3 aromatic rings. The van der Waals surface area contributed by atoms with Crippen molar-refractivity contribution in [2.75, 3.05) is 13.9 Å². The first-order chi connectivity index (χ1) is 13.5. The molecule has 7 nitrogen and oxygen atoms in total. The van der Waals surface area contributed by atoms with E-state index in [-0.39, 0.29) is 28.7 Å². The second-order valence-electron chi connectivity index (χ2n) is 5.73. The molecule has 0 N–H and O–H groups in total. The quantitative estimate of drug-likeness (QED) is 0.606. The molecule has 28 heavy (non-hydrogen) atoms. The Morgan fingerprint density at radius 1 is 1.32 bits per heavy atom. The van der Waals surface area contributed by atoms with Gasteiger partial charge in [0.25, 0.3) is 5.91 Å². The highest BCUT2D eigenvalue weighted by Gasteiger charge is 2.20. The number of hydrogen-bond donors (Lipinski definition) is 0. The van der Waals surface area contributed by atoms with Gasteiger partial charge in [-0.05, 0) is 12.1 Å². The van der Waals surface area contributed by atoms with Crippen molar-refractivity contribution < 1.29 is 28.2 Å². The van der Waals surface area contributed by atoms with Crippen LogP contribution in [0.2, 0.25) is 5.02 Å². The summed E-state index contributed by atoms with van der Waals surface area (Å²) >= 11 is 7.10. The topological polar surface area (TPSA) is 79.1 Å². The van der Waals surface area contributed by atoms with Gasteiger partial charge in [-0.2, -0.15) is 4.99 Å². The number of carbonyl (C=O) groups excluding carboxylic acids is 2. The van der Waals surface area contributed by atoms with Crippen LogP contribution in [0, 0.1) is 5.82 Å². The molecular formula is C18H12ClFN2O5S. The molecule has 1 aliphatic heterocycles. The molecule has 0 aliphatic carbocycles. The lowest BCUT2D eigenvalue weighted by Gasteiger charge is -2.05. The lowest BCUT2D eigenvalue weighted by Crippen LogP contribution is -2.22. The van der Waals surface area contributed by atoms with Crippen molar-refractivity contribution in [2.24, 2.45) is 4.99 Å². The minimum Gasteiger partial charge on any atom is -0.468 e. The summed E-state index contributed by atoms with van der Waals surface area (Å²) in [4.78, 5) is 28.6. The largest absolute Gasteiger partial charge is 0.468 e. The number of amides is 1. The first-order valence-corrected chi connectivity index (χ1v) is 9.20. The Labute approximate surface area is 166 Å². The van der Waals surface area contributed by atoms with Crippen LogP contribution < -0.4 is 14.3 Å². The fraction of sp³-hybridized carbons (Fsp3) is 0.167.